The summed E-state index contributed by atoms with van der Waals surface area (Å²) in [6.45, 7) is 0.268. The van der Waals surface area contributed by atoms with E-state index in [9.17, 15) is 0 Å². The Morgan fingerprint density at radius 1 is 1.12 bits per heavy atom. The fourth-order valence-electron chi connectivity index (χ4n) is 2.38. The smallest absolute Gasteiger partial charge is 0.231 e. The molecule has 1 aromatic heterocycles. The summed E-state index contributed by atoms with van der Waals surface area (Å²) in [6.07, 6.45) is 0. The van der Waals surface area contributed by atoms with Crippen LogP contribution >= 0.6 is 23.4 Å². The van der Waals surface area contributed by atoms with Crippen molar-refractivity contribution >= 4 is 23.4 Å². The normalized spacial score (nSPS) is 12.5. The highest BCUT2D eigenvalue weighted by molar-refractivity contribution is 7.98. The molecule has 4 rings (SSSR count). The van der Waals surface area contributed by atoms with Gasteiger partial charge in [0.15, 0.2) is 17.3 Å². The van der Waals surface area contributed by atoms with Crippen LogP contribution in [0.3, 0.4) is 0 Å². The Morgan fingerprint density at radius 3 is 2.83 bits per heavy atom. The number of aromatic nitrogens is 3. The summed E-state index contributed by atoms with van der Waals surface area (Å²) in [5.74, 6) is 8.88. The van der Waals surface area contributed by atoms with Crippen molar-refractivity contribution in [1.29, 1.82) is 0 Å². The zero-order chi connectivity index (χ0) is 16.5. The summed E-state index contributed by atoms with van der Waals surface area (Å²) in [6, 6.07) is 13.3. The fraction of sp³-hybridized carbons (Fsp3) is 0.125. The third-order valence-corrected chi connectivity index (χ3v) is 4.93. The molecule has 0 bridgehead atoms. The molecular weight excluding hydrogens is 348 g/mol. The number of thioether (sulfide) groups is 1. The average Bonchev–Trinajstić information content (AvgIpc) is 3.20. The van der Waals surface area contributed by atoms with E-state index in [1.165, 1.54) is 16.4 Å². The maximum absolute atomic E-state index is 6.20. The molecule has 0 fully saturated rings. The quantitative estimate of drug-likeness (QED) is 0.568. The van der Waals surface area contributed by atoms with E-state index < -0.39 is 0 Å². The molecule has 6 nitrogen and oxygen atoms in total. The van der Waals surface area contributed by atoms with Crippen molar-refractivity contribution in [3.8, 4) is 22.9 Å². The van der Waals surface area contributed by atoms with E-state index in [1.54, 1.807) is 6.07 Å². The molecule has 2 N–H and O–H groups in total. The van der Waals surface area contributed by atoms with Gasteiger partial charge < -0.3 is 15.3 Å². The summed E-state index contributed by atoms with van der Waals surface area (Å²) in [5.41, 5.74) is 1.84. The number of ether oxygens (including phenoxy) is 2. The number of halogens is 1. The lowest BCUT2D eigenvalue weighted by Crippen LogP contribution is -2.11. The van der Waals surface area contributed by atoms with Crippen molar-refractivity contribution < 1.29 is 9.47 Å². The first-order valence-corrected chi connectivity index (χ1v) is 8.55. The van der Waals surface area contributed by atoms with Crippen LogP contribution in [-0.2, 0) is 5.75 Å². The SMILES string of the molecule is Nn1c(SCc2ccc3c(c2)OCO3)nnc1-c1ccccc1Cl. The van der Waals surface area contributed by atoms with Gasteiger partial charge in [0.1, 0.15) is 0 Å². The predicted octanol–water partition coefficient (Wildman–Crippen LogP) is 3.33. The van der Waals surface area contributed by atoms with Crippen molar-refractivity contribution in [2.45, 2.75) is 10.9 Å². The van der Waals surface area contributed by atoms with Gasteiger partial charge in [-0.3, -0.25) is 0 Å². The van der Waals surface area contributed by atoms with Crippen molar-refractivity contribution in [1.82, 2.24) is 14.9 Å². The van der Waals surface area contributed by atoms with Gasteiger partial charge in [-0.05, 0) is 29.8 Å². The number of nitrogens with two attached hydrogens (primary N) is 1. The monoisotopic (exact) mass is 360 g/mol. The highest BCUT2D eigenvalue weighted by Gasteiger charge is 2.16. The molecule has 24 heavy (non-hydrogen) atoms. The van der Waals surface area contributed by atoms with Gasteiger partial charge in [0.05, 0.1) is 5.02 Å². The first kappa shape index (κ1) is 15.2. The number of rotatable bonds is 4. The third kappa shape index (κ3) is 2.76. The van der Waals surface area contributed by atoms with Gasteiger partial charge >= 0.3 is 0 Å². The standard InChI is InChI=1S/C16H13ClN4O2S/c17-12-4-2-1-3-11(12)15-19-20-16(21(15)18)24-8-10-5-6-13-14(7-10)23-9-22-13/h1-7H,8-9,18H2. The molecule has 0 saturated carbocycles. The van der Waals surface area contributed by atoms with Gasteiger partial charge in [0.25, 0.3) is 0 Å². The number of nitrogens with zero attached hydrogens (tertiary/aromatic N) is 3. The highest BCUT2D eigenvalue weighted by atomic mass is 35.5. The van der Waals surface area contributed by atoms with Gasteiger partial charge in [0, 0.05) is 11.3 Å². The first-order valence-electron chi connectivity index (χ1n) is 7.19. The lowest BCUT2D eigenvalue weighted by Gasteiger charge is -2.05. The zero-order valence-electron chi connectivity index (χ0n) is 12.5. The molecular formula is C16H13ClN4O2S. The van der Waals surface area contributed by atoms with Gasteiger partial charge in [-0.2, -0.15) is 0 Å². The Balaban J connectivity index is 1.53. The molecule has 0 unspecified atom stereocenters. The largest absolute Gasteiger partial charge is 0.454 e. The zero-order valence-corrected chi connectivity index (χ0v) is 14.0. The van der Waals surface area contributed by atoms with Crippen LogP contribution in [0, 0.1) is 0 Å². The van der Waals surface area contributed by atoms with Crippen LogP contribution < -0.4 is 15.3 Å². The molecule has 0 radical (unpaired) electrons. The van der Waals surface area contributed by atoms with Crippen LogP contribution in [0.2, 0.25) is 5.02 Å². The highest BCUT2D eigenvalue weighted by Crippen LogP contribution is 2.34. The Morgan fingerprint density at radius 2 is 1.96 bits per heavy atom. The number of hydrogen-bond acceptors (Lipinski definition) is 6. The van der Waals surface area contributed by atoms with Crippen LogP contribution in [0.15, 0.2) is 47.6 Å². The third-order valence-electron chi connectivity index (χ3n) is 3.58. The Labute approximate surface area is 147 Å². The second kappa shape index (κ2) is 6.26. The van der Waals surface area contributed by atoms with E-state index in [0.717, 1.165) is 22.6 Å². The van der Waals surface area contributed by atoms with Crippen molar-refractivity contribution in [2.75, 3.05) is 12.6 Å². The van der Waals surface area contributed by atoms with E-state index in [1.807, 2.05) is 36.4 Å². The first-order chi connectivity index (χ1) is 11.7. The fourth-order valence-corrected chi connectivity index (χ4v) is 3.40. The summed E-state index contributed by atoms with van der Waals surface area (Å²) in [4.78, 5) is 0. The molecule has 0 aliphatic carbocycles. The van der Waals surface area contributed by atoms with Gasteiger partial charge in [-0.15, -0.1) is 10.2 Å². The average molecular weight is 361 g/mol. The maximum atomic E-state index is 6.20. The van der Waals surface area contributed by atoms with E-state index >= 15 is 0 Å². The van der Waals surface area contributed by atoms with Gasteiger partial charge in [-0.1, -0.05) is 41.6 Å². The van der Waals surface area contributed by atoms with E-state index in [0.29, 0.717) is 21.8 Å². The van der Waals surface area contributed by atoms with Crippen LogP contribution in [0.4, 0.5) is 0 Å². The lowest BCUT2D eigenvalue weighted by atomic mass is 10.2. The van der Waals surface area contributed by atoms with Gasteiger partial charge in [-0.25, -0.2) is 4.68 Å². The summed E-state index contributed by atoms with van der Waals surface area (Å²) in [7, 11) is 0. The van der Waals surface area contributed by atoms with Crippen LogP contribution in [-0.4, -0.2) is 21.7 Å². The molecule has 0 spiro atoms. The number of nitrogen functional groups attached to an aromatic ring is 1. The van der Waals surface area contributed by atoms with Crippen molar-refractivity contribution in [2.24, 2.45) is 0 Å². The van der Waals surface area contributed by atoms with Crippen molar-refractivity contribution in [3.05, 3.63) is 53.1 Å². The van der Waals surface area contributed by atoms with Crippen LogP contribution in [0.5, 0.6) is 11.5 Å². The predicted molar refractivity (Wildman–Crippen MR) is 92.7 cm³/mol. The molecule has 1 aliphatic heterocycles. The Kier molecular flexibility index (Phi) is 3.95. The van der Waals surface area contributed by atoms with Gasteiger partial charge in [0.2, 0.25) is 11.9 Å². The second-order valence-corrected chi connectivity index (χ2v) is 6.48. The topological polar surface area (TPSA) is 75.2 Å². The lowest BCUT2D eigenvalue weighted by molar-refractivity contribution is 0.174. The maximum Gasteiger partial charge on any atom is 0.231 e. The van der Waals surface area contributed by atoms with E-state index in [2.05, 4.69) is 10.2 Å². The Bertz CT molecular complexity index is 900. The molecule has 3 aromatic rings. The molecule has 2 heterocycles. The molecule has 1 aliphatic rings. The number of hydrogen-bond donors (Lipinski definition) is 1. The molecule has 0 saturated heterocycles. The summed E-state index contributed by atoms with van der Waals surface area (Å²) >= 11 is 7.69. The number of fused-ring (bicyclic) bond motifs is 1. The second-order valence-electron chi connectivity index (χ2n) is 5.13. The molecule has 8 heteroatoms. The van der Waals surface area contributed by atoms with Crippen molar-refractivity contribution in [3.63, 3.8) is 0 Å². The minimum Gasteiger partial charge on any atom is -0.454 e. The molecule has 0 atom stereocenters. The minimum absolute atomic E-state index is 0.268. The Hall–Kier alpha value is -2.38. The van der Waals surface area contributed by atoms with Crippen LogP contribution in [0.25, 0.3) is 11.4 Å². The summed E-state index contributed by atoms with van der Waals surface area (Å²) < 4.78 is 12.2. The van der Waals surface area contributed by atoms with Crippen LogP contribution in [0.1, 0.15) is 5.56 Å². The minimum atomic E-state index is 0.268. The summed E-state index contributed by atoms with van der Waals surface area (Å²) in [5, 5.41) is 9.51. The van der Waals surface area contributed by atoms with E-state index in [-0.39, 0.29) is 6.79 Å². The molecule has 122 valence electrons. The number of benzene rings is 2. The molecule has 2 aromatic carbocycles. The molecule has 0 amide bonds. The van der Waals surface area contributed by atoms with E-state index in [4.69, 9.17) is 26.9 Å².